The van der Waals surface area contributed by atoms with E-state index in [-0.39, 0.29) is 5.91 Å². The second-order valence-electron chi connectivity index (χ2n) is 7.00. The fourth-order valence-corrected chi connectivity index (χ4v) is 2.85. The van der Waals surface area contributed by atoms with E-state index >= 15 is 0 Å². The van der Waals surface area contributed by atoms with Gasteiger partial charge in [0.2, 0.25) is 5.91 Å². The predicted molar refractivity (Wildman–Crippen MR) is 122 cm³/mol. The first kappa shape index (κ1) is 22.6. The highest BCUT2D eigenvalue weighted by molar-refractivity contribution is 5.99. The number of nitrogens with one attached hydrogen (secondary N) is 3. The van der Waals surface area contributed by atoms with E-state index in [0.29, 0.717) is 35.6 Å². The first-order valence-electron chi connectivity index (χ1n) is 10.3. The van der Waals surface area contributed by atoms with Gasteiger partial charge in [0.1, 0.15) is 5.75 Å². The van der Waals surface area contributed by atoms with E-state index in [4.69, 9.17) is 4.74 Å². The molecular formula is C25H25N3O4. The molecule has 0 bridgehead atoms. The molecule has 0 aromatic heterocycles. The van der Waals surface area contributed by atoms with E-state index in [1.54, 1.807) is 55.5 Å². The van der Waals surface area contributed by atoms with E-state index in [0.717, 1.165) is 6.42 Å². The molecule has 0 fully saturated rings. The summed E-state index contributed by atoms with van der Waals surface area (Å²) in [6.45, 7) is 2.29. The molecule has 7 heteroatoms. The van der Waals surface area contributed by atoms with Crippen LogP contribution in [0, 0.1) is 0 Å². The smallest absolute Gasteiger partial charge is 0.269 e. The molecule has 7 nitrogen and oxygen atoms in total. The molecule has 3 aromatic carbocycles. The van der Waals surface area contributed by atoms with Gasteiger partial charge in [0, 0.05) is 29.7 Å². The Morgan fingerprint density at radius 3 is 1.88 bits per heavy atom. The van der Waals surface area contributed by atoms with Crippen molar-refractivity contribution in [2.75, 3.05) is 11.9 Å². The third-order valence-electron chi connectivity index (χ3n) is 4.66. The van der Waals surface area contributed by atoms with Crippen LogP contribution >= 0.6 is 0 Å². The quantitative estimate of drug-likeness (QED) is 0.474. The third-order valence-corrected chi connectivity index (χ3v) is 4.66. The minimum Gasteiger partial charge on any atom is -0.493 e. The summed E-state index contributed by atoms with van der Waals surface area (Å²) in [4.78, 5) is 35.9. The third kappa shape index (κ3) is 6.70. The first-order valence-corrected chi connectivity index (χ1v) is 10.3. The van der Waals surface area contributed by atoms with Gasteiger partial charge in [-0.15, -0.1) is 0 Å². The lowest BCUT2D eigenvalue weighted by molar-refractivity contribution is -0.115. The molecule has 0 aliphatic heterocycles. The van der Waals surface area contributed by atoms with Crippen LogP contribution < -0.4 is 20.9 Å². The molecule has 0 radical (unpaired) electrons. The summed E-state index contributed by atoms with van der Waals surface area (Å²) in [5.41, 5.74) is 7.30. The lowest BCUT2D eigenvalue weighted by Gasteiger charge is -2.10. The molecular weight excluding hydrogens is 406 g/mol. The largest absolute Gasteiger partial charge is 0.493 e. The van der Waals surface area contributed by atoms with E-state index in [2.05, 4.69) is 16.2 Å². The van der Waals surface area contributed by atoms with Crippen molar-refractivity contribution in [2.45, 2.75) is 19.8 Å². The molecule has 0 saturated heterocycles. The summed E-state index contributed by atoms with van der Waals surface area (Å²) in [6, 6.07) is 23.1. The molecule has 3 aromatic rings. The van der Waals surface area contributed by atoms with Gasteiger partial charge in [0.05, 0.1) is 6.61 Å². The Bertz CT molecular complexity index is 1050. The van der Waals surface area contributed by atoms with Crippen LogP contribution in [0.15, 0.2) is 78.9 Å². The van der Waals surface area contributed by atoms with E-state index in [1.165, 1.54) is 5.56 Å². The molecule has 32 heavy (non-hydrogen) atoms. The SMILES string of the molecule is CCC(=O)Nc1ccc(C(=O)NNC(=O)c2ccc(OCCc3ccccc3)cc2)cc1. The van der Waals surface area contributed by atoms with Crippen molar-refractivity contribution in [3.8, 4) is 5.75 Å². The maximum atomic E-state index is 12.3. The maximum absolute atomic E-state index is 12.3. The zero-order chi connectivity index (χ0) is 22.8. The Balaban J connectivity index is 1.45. The highest BCUT2D eigenvalue weighted by Gasteiger charge is 2.10. The van der Waals surface area contributed by atoms with Gasteiger partial charge in [-0.3, -0.25) is 25.2 Å². The number of benzene rings is 3. The van der Waals surface area contributed by atoms with E-state index < -0.39 is 11.8 Å². The van der Waals surface area contributed by atoms with Gasteiger partial charge in [-0.05, 0) is 54.1 Å². The van der Waals surface area contributed by atoms with Gasteiger partial charge in [-0.1, -0.05) is 37.3 Å². The van der Waals surface area contributed by atoms with E-state index in [9.17, 15) is 14.4 Å². The van der Waals surface area contributed by atoms with Crippen molar-refractivity contribution < 1.29 is 19.1 Å². The number of carbonyl (C=O) groups is 3. The highest BCUT2D eigenvalue weighted by Crippen LogP contribution is 2.13. The molecule has 0 spiro atoms. The Kier molecular flexibility index (Phi) is 7.97. The van der Waals surface area contributed by atoms with Gasteiger partial charge in [0.25, 0.3) is 11.8 Å². The van der Waals surface area contributed by atoms with Crippen LogP contribution in [-0.2, 0) is 11.2 Å². The van der Waals surface area contributed by atoms with Crippen molar-refractivity contribution in [1.82, 2.24) is 10.9 Å². The van der Waals surface area contributed by atoms with Crippen molar-refractivity contribution in [1.29, 1.82) is 0 Å². The number of hydrazine groups is 1. The number of amides is 3. The number of rotatable bonds is 8. The van der Waals surface area contributed by atoms with Crippen LogP contribution in [0.3, 0.4) is 0 Å². The number of hydrogen-bond donors (Lipinski definition) is 3. The maximum Gasteiger partial charge on any atom is 0.269 e. The molecule has 0 saturated carbocycles. The Morgan fingerprint density at radius 1 is 0.750 bits per heavy atom. The van der Waals surface area contributed by atoms with Crippen LogP contribution in [-0.4, -0.2) is 24.3 Å². The highest BCUT2D eigenvalue weighted by atomic mass is 16.5. The monoisotopic (exact) mass is 431 g/mol. The Labute approximate surface area is 186 Å². The fourth-order valence-electron chi connectivity index (χ4n) is 2.85. The number of anilines is 1. The van der Waals surface area contributed by atoms with Crippen LogP contribution in [0.4, 0.5) is 5.69 Å². The number of ether oxygens (including phenoxy) is 1. The second kappa shape index (κ2) is 11.3. The van der Waals surface area contributed by atoms with Gasteiger partial charge >= 0.3 is 0 Å². The summed E-state index contributed by atoms with van der Waals surface area (Å²) >= 11 is 0. The van der Waals surface area contributed by atoms with Crippen LogP contribution in [0.25, 0.3) is 0 Å². The van der Waals surface area contributed by atoms with Crippen molar-refractivity contribution in [2.24, 2.45) is 0 Å². The zero-order valence-corrected chi connectivity index (χ0v) is 17.8. The second-order valence-corrected chi connectivity index (χ2v) is 7.00. The molecule has 3 N–H and O–H groups in total. The molecule has 164 valence electrons. The predicted octanol–water partition coefficient (Wildman–Crippen LogP) is 3.73. The average Bonchev–Trinajstić information content (AvgIpc) is 2.84. The minimum absolute atomic E-state index is 0.109. The zero-order valence-electron chi connectivity index (χ0n) is 17.8. The molecule has 0 aliphatic carbocycles. The molecule has 0 unspecified atom stereocenters. The molecule has 3 rings (SSSR count). The lowest BCUT2D eigenvalue weighted by Crippen LogP contribution is -2.41. The van der Waals surface area contributed by atoms with Crippen LogP contribution in [0.1, 0.15) is 39.6 Å². The fraction of sp³-hybridized carbons (Fsp3) is 0.160. The van der Waals surface area contributed by atoms with Gasteiger partial charge in [-0.2, -0.15) is 0 Å². The normalized spacial score (nSPS) is 10.2. The number of carbonyl (C=O) groups excluding carboxylic acids is 3. The number of hydrogen-bond acceptors (Lipinski definition) is 4. The van der Waals surface area contributed by atoms with Crippen LogP contribution in [0.5, 0.6) is 5.75 Å². The van der Waals surface area contributed by atoms with Gasteiger partial charge in [-0.25, -0.2) is 0 Å². The summed E-state index contributed by atoms with van der Waals surface area (Å²) in [5, 5.41) is 2.70. The summed E-state index contributed by atoms with van der Waals surface area (Å²) in [6.07, 6.45) is 1.16. The van der Waals surface area contributed by atoms with Crippen molar-refractivity contribution >= 4 is 23.4 Å². The molecule has 0 heterocycles. The summed E-state index contributed by atoms with van der Waals surface area (Å²) < 4.78 is 5.71. The lowest BCUT2D eigenvalue weighted by atomic mass is 10.2. The van der Waals surface area contributed by atoms with Gasteiger partial charge in [0.15, 0.2) is 0 Å². The van der Waals surface area contributed by atoms with Crippen LogP contribution in [0.2, 0.25) is 0 Å². The van der Waals surface area contributed by atoms with Crippen molar-refractivity contribution in [3.63, 3.8) is 0 Å². The molecule has 0 aliphatic rings. The topological polar surface area (TPSA) is 96.5 Å². The molecule has 3 amide bonds. The van der Waals surface area contributed by atoms with E-state index in [1.807, 2.05) is 30.3 Å². The Morgan fingerprint density at radius 2 is 1.31 bits per heavy atom. The first-order chi connectivity index (χ1) is 15.5. The van der Waals surface area contributed by atoms with Crippen molar-refractivity contribution in [3.05, 3.63) is 95.6 Å². The van der Waals surface area contributed by atoms with Gasteiger partial charge < -0.3 is 10.1 Å². The Hall–Kier alpha value is -4.13. The average molecular weight is 431 g/mol. The molecule has 0 atom stereocenters. The summed E-state index contributed by atoms with van der Waals surface area (Å²) in [7, 11) is 0. The summed E-state index contributed by atoms with van der Waals surface area (Å²) in [5.74, 6) is -0.354. The standard InChI is InChI=1S/C25H25N3O4/c1-2-23(29)26-21-12-8-19(9-13-21)24(30)27-28-25(31)20-10-14-22(15-11-20)32-17-16-18-6-4-3-5-7-18/h3-15H,2,16-17H2,1H3,(H,26,29)(H,27,30)(H,28,31). The minimum atomic E-state index is -0.465.